The van der Waals surface area contributed by atoms with Gasteiger partial charge in [0.15, 0.2) is 0 Å². The molecule has 0 radical (unpaired) electrons. The number of carbonyl (C=O) groups excluding carboxylic acids is 1. The summed E-state index contributed by atoms with van der Waals surface area (Å²) in [6.07, 6.45) is 0. The third-order valence-corrected chi connectivity index (χ3v) is 1.62. The Morgan fingerprint density at radius 1 is 1.83 bits per heavy atom. The van der Waals surface area contributed by atoms with E-state index in [-0.39, 0.29) is 12.5 Å². The lowest BCUT2D eigenvalue weighted by Crippen LogP contribution is -2.36. The van der Waals surface area contributed by atoms with Crippen LogP contribution in [0.1, 0.15) is 6.92 Å². The molecule has 1 fully saturated rings. The van der Waals surface area contributed by atoms with Crippen LogP contribution >= 0.6 is 0 Å². The van der Waals surface area contributed by atoms with Crippen LogP contribution in [0.15, 0.2) is 0 Å². The van der Waals surface area contributed by atoms with E-state index in [1.165, 1.54) is 5.06 Å². The van der Waals surface area contributed by atoms with Gasteiger partial charge >= 0.3 is 0 Å². The van der Waals surface area contributed by atoms with Gasteiger partial charge in [0.05, 0.1) is 19.8 Å². The molecule has 12 heavy (non-hydrogen) atoms. The fraction of sp³-hybridized carbons (Fsp3) is 0.857. The van der Waals surface area contributed by atoms with E-state index in [0.29, 0.717) is 19.8 Å². The van der Waals surface area contributed by atoms with Gasteiger partial charge in [0.2, 0.25) is 0 Å². The number of rotatable bonds is 4. The van der Waals surface area contributed by atoms with Crippen molar-refractivity contribution in [2.75, 3.05) is 26.4 Å². The molecule has 0 spiro atoms. The molecule has 1 rings (SSSR count). The molecule has 1 atom stereocenters. The van der Waals surface area contributed by atoms with Crippen LogP contribution in [0.3, 0.4) is 0 Å². The van der Waals surface area contributed by atoms with E-state index in [0.717, 1.165) is 0 Å². The van der Waals surface area contributed by atoms with E-state index in [9.17, 15) is 4.79 Å². The van der Waals surface area contributed by atoms with E-state index in [1.807, 2.05) is 6.92 Å². The highest BCUT2D eigenvalue weighted by molar-refractivity contribution is 5.82. The minimum absolute atomic E-state index is 0.158. The van der Waals surface area contributed by atoms with Gasteiger partial charge in [-0.2, -0.15) is 0 Å². The molecule has 1 aliphatic heterocycles. The first-order chi connectivity index (χ1) is 5.75. The molecule has 1 aliphatic rings. The molecule has 0 bridgehead atoms. The van der Waals surface area contributed by atoms with Crippen LogP contribution < -0.4 is 5.73 Å². The second kappa shape index (κ2) is 4.39. The standard InChI is InChI=1S/C7H14N2O3/c1-2-11-4-3-9-7(10)6(8)5-12-9/h6H,2-5,8H2,1H3/t6-/m1/s1. The molecular weight excluding hydrogens is 160 g/mol. The summed E-state index contributed by atoms with van der Waals surface area (Å²) in [6.45, 7) is 3.78. The Balaban J connectivity index is 2.20. The predicted octanol–water partition coefficient (Wildman–Crippen LogP) is -0.876. The Kier molecular flexibility index (Phi) is 3.46. The summed E-state index contributed by atoms with van der Waals surface area (Å²) in [6, 6.07) is -0.494. The maximum Gasteiger partial charge on any atom is 0.265 e. The molecule has 0 unspecified atom stereocenters. The maximum atomic E-state index is 11.1. The summed E-state index contributed by atoms with van der Waals surface area (Å²) in [5.41, 5.74) is 5.42. The summed E-state index contributed by atoms with van der Waals surface area (Å²) in [7, 11) is 0. The van der Waals surface area contributed by atoms with Crippen LogP contribution in [0.5, 0.6) is 0 Å². The summed E-state index contributed by atoms with van der Waals surface area (Å²) >= 11 is 0. The smallest absolute Gasteiger partial charge is 0.265 e. The maximum absolute atomic E-state index is 11.1. The van der Waals surface area contributed by atoms with Gasteiger partial charge in [-0.05, 0) is 6.92 Å². The molecule has 0 aliphatic carbocycles. The molecular formula is C7H14N2O3. The lowest BCUT2D eigenvalue weighted by atomic mass is 10.3. The SMILES string of the molecule is CCOCCN1OC[C@@H](N)C1=O. The lowest BCUT2D eigenvalue weighted by molar-refractivity contribution is -0.164. The number of amides is 1. The Labute approximate surface area is 71.4 Å². The van der Waals surface area contributed by atoms with Crippen LogP contribution in [-0.4, -0.2) is 43.4 Å². The summed E-state index contributed by atoms with van der Waals surface area (Å²) in [5, 5.41) is 1.26. The van der Waals surface area contributed by atoms with Crippen molar-refractivity contribution in [3.8, 4) is 0 Å². The van der Waals surface area contributed by atoms with Crippen molar-refractivity contribution in [3.63, 3.8) is 0 Å². The minimum Gasteiger partial charge on any atom is -0.380 e. The third kappa shape index (κ3) is 2.17. The zero-order valence-corrected chi connectivity index (χ0v) is 7.16. The van der Waals surface area contributed by atoms with Crippen LogP contribution in [0.2, 0.25) is 0 Å². The van der Waals surface area contributed by atoms with Gasteiger partial charge in [0.1, 0.15) is 6.04 Å². The van der Waals surface area contributed by atoms with Crippen molar-refractivity contribution in [2.45, 2.75) is 13.0 Å². The van der Waals surface area contributed by atoms with Gasteiger partial charge in [-0.1, -0.05) is 0 Å². The molecule has 5 heteroatoms. The molecule has 0 aromatic heterocycles. The molecule has 2 N–H and O–H groups in total. The van der Waals surface area contributed by atoms with E-state index in [2.05, 4.69) is 0 Å². The predicted molar refractivity (Wildman–Crippen MR) is 42.1 cm³/mol. The van der Waals surface area contributed by atoms with Crippen LogP contribution in [0.4, 0.5) is 0 Å². The molecule has 0 aromatic rings. The average molecular weight is 174 g/mol. The molecule has 1 heterocycles. The summed E-state index contributed by atoms with van der Waals surface area (Å²) in [4.78, 5) is 16.1. The fourth-order valence-corrected chi connectivity index (χ4v) is 0.957. The molecule has 5 nitrogen and oxygen atoms in total. The Morgan fingerprint density at radius 2 is 2.58 bits per heavy atom. The molecule has 0 aromatic carbocycles. The highest BCUT2D eigenvalue weighted by Crippen LogP contribution is 2.04. The highest BCUT2D eigenvalue weighted by atomic mass is 16.7. The first kappa shape index (κ1) is 9.44. The van der Waals surface area contributed by atoms with Gasteiger partial charge < -0.3 is 10.5 Å². The zero-order chi connectivity index (χ0) is 8.97. The summed E-state index contributed by atoms with van der Waals surface area (Å²) in [5.74, 6) is -0.158. The highest BCUT2D eigenvalue weighted by Gasteiger charge is 2.29. The lowest BCUT2D eigenvalue weighted by Gasteiger charge is -2.13. The number of carbonyl (C=O) groups is 1. The Morgan fingerprint density at radius 3 is 3.08 bits per heavy atom. The van der Waals surface area contributed by atoms with Crippen LogP contribution in [-0.2, 0) is 14.4 Å². The van der Waals surface area contributed by atoms with Crippen molar-refractivity contribution in [2.24, 2.45) is 5.73 Å². The number of hydrogen-bond acceptors (Lipinski definition) is 4. The number of ether oxygens (including phenoxy) is 1. The molecule has 0 saturated carbocycles. The first-order valence-electron chi connectivity index (χ1n) is 4.03. The van der Waals surface area contributed by atoms with E-state index in [4.69, 9.17) is 15.3 Å². The molecule has 70 valence electrons. The van der Waals surface area contributed by atoms with E-state index < -0.39 is 6.04 Å². The van der Waals surface area contributed by atoms with E-state index >= 15 is 0 Å². The van der Waals surface area contributed by atoms with Gasteiger partial charge in [-0.25, -0.2) is 5.06 Å². The third-order valence-electron chi connectivity index (χ3n) is 1.62. The average Bonchev–Trinajstić information content (AvgIpc) is 2.36. The van der Waals surface area contributed by atoms with E-state index in [1.54, 1.807) is 0 Å². The number of hydrogen-bond donors (Lipinski definition) is 1. The van der Waals surface area contributed by atoms with Crippen molar-refractivity contribution < 1.29 is 14.4 Å². The van der Waals surface area contributed by atoms with Gasteiger partial charge in [-0.15, -0.1) is 0 Å². The van der Waals surface area contributed by atoms with Crippen molar-refractivity contribution in [3.05, 3.63) is 0 Å². The monoisotopic (exact) mass is 174 g/mol. The largest absolute Gasteiger partial charge is 0.380 e. The second-order valence-electron chi connectivity index (χ2n) is 2.54. The fourth-order valence-electron chi connectivity index (χ4n) is 0.957. The van der Waals surface area contributed by atoms with Gasteiger partial charge in [0.25, 0.3) is 5.91 Å². The van der Waals surface area contributed by atoms with Crippen LogP contribution in [0.25, 0.3) is 0 Å². The van der Waals surface area contributed by atoms with Gasteiger partial charge in [0, 0.05) is 6.61 Å². The number of nitrogens with two attached hydrogens (primary N) is 1. The molecule has 1 saturated heterocycles. The van der Waals surface area contributed by atoms with Crippen LogP contribution in [0, 0.1) is 0 Å². The quantitative estimate of drug-likeness (QED) is 0.562. The minimum atomic E-state index is -0.494. The number of hydroxylamine groups is 2. The Bertz CT molecular complexity index is 163. The van der Waals surface area contributed by atoms with Crippen molar-refractivity contribution in [1.29, 1.82) is 0 Å². The first-order valence-corrected chi connectivity index (χ1v) is 4.03. The summed E-state index contributed by atoms with van der Waals surface area (Å²) < 4.78 is 5.06. The van der Waals surface area contributed by atoms with Crippen molar-refractivity contribution in [1.82, 2.24) is 5.06 Å². The van der Waals surface area contributed by atoms with Gasteiger partial charge in [-0.3, -0.25) is 9.63 Å². The second-order valence-corrected chi connectivity index (χ2v) is 2.54. The zero-order valence-electron chi connectivity index (χ0n) is 7.16. The normalized spacial score (nSPS) is 23.7. The van der Waals surface area contributed by atoms with Crippen molar-refractivity contribution >= 4 is 5.91 Å². The number of nitrogens with zero attached hydrogens (tertiary/aromatic N) is 1. The topological polar surface area (TPSA) is 64.8 Å². The molecule has 1 amide bonds. The Hall–Kier alpha value is -0.650.